The Labute approximate surface area is 160 Å². The molecule has 1 aliphatic rings. The van der Waals surface area contributed by atoms with Gasteiger partial charge in [0.05, 0.1) is 15.8 Å². The number of nitrogens with zero attached hydrogens (tertiary/aromatic N) is 5. The number of rotatable bonds is 5. The highest BCUT2D eigenvalue weighted by molar-refractivity contribution is 7.13. The number of hydrogen-bond donors (Lipinski definition) is 0. The van der Waals surface area contributed by atoms with E-state index in [0.717, 1.165) is 36.7 Å². The molecule has 27 heavy (non-hydrogen) atoms. The average molecular weight is 385 g/mol. The van der Waals surface area contributed by atoms with Gasteiger partial charge in [-0.25, -0.2) is 0 Å². The van der Waals surface area contributed by atoms with Crippen LogP contribution in [0.3, 0.4) is 0 Å². The van der Waals surface area contributed by atoms with E-state index < -0.39 is 0 Å². The van der Waals surface area contributed by atoms with Gasteiger partial charge in [-0.15, -0.1) is 11.3 Å². The van der Waals surface area contributed by atoms with Crippen molar-refractivity contribution in [2.75, 3.05) is 31.1 Å². The minimum atomic E-state index is -0.377. The summed E-state index contributed by atoms with van der Waals surface area (Å²) >= 11 is 1.59. The van der Waals surface area contributed by atoms with Crippen LogP contribution >= 0.6 is 11.3 Å². The highest BCUT2D eigenvalue weighted by Gasteiger charge is 2.26. The second-order valence-corrected chi connectivity index (χ2v) is 7.35. The van der Waals surface area contributed by atoms with Gasteiger partial charge < -0.3 is 9.42 Å². The zero-order valence-electron chi connectivity index (χ0n) is 14.8. The van der Waals surface area contributed by atoms with Crippen LogP contribution in [0.25, 0.3) is 10.7 Å². The van der Waals surface area contributed by atoms with Crippen molar-refractivity contribution in [3.05, 3.63) is 57.8 Å². The molecule has 140 valence electrons. The van der Waals surface area contributed by atoms with Crippen LogP contribution in [0, 0.1) is 10.1 Å². The van der Waals surface area contributed by atoms with Crippen molar-refractivity contribution >= 4 is 22.7 Å². The number of nitro benzene ring substituents is 1. The first kappa shape index (κ1) is 17.6. The summed E-state index contributed by atoms with van der Waals surface area (Å²) in [7, 11) is 0. The van der Waals surface area contributed by atoms with Crippen LogP contribution in [0.5, 0.6) is 0 Å². The minimum Gasteiger partial charge on any atom is -0.369 e. The number of benzene rings is 1. The molecular weight excluding hydrogens is 366 g/mol. The first-order valence-corrected chi connectivity index (χ1v) is 9.61. The van der Waals surface area contributed by atoms with Gasteiger partial charge in [0, 0.05) is 44.0 Å². The number of anilines is 1. The van der Waals surface area contributed by atoms with Crippen molar-refractivity contribution in [2.24, 2.45) is 0 Å². The summed E-state index contributed by atoms with van der Waals surface area (Å²) in [4.78, 5) is 20.5. The van der Waals surface area contributed by atoms with Gasteiger partial charge in [-0.05, 0) is 30.5 Å². The lowest BCUT2D eigenvalue weighted by atomic mass is 10.2. The topological polar surface area (TPSA) is 88.5 Å². The van der Waals surface area contributed by atoms with Gasteiger partial charge in [0.2, 0.25) is 11.7 Å². The number of hydrogen-bond acceptors (Lipinski definition) is 8. The monoisotopic (exact) mass is 385 g/mol. The highest BCUT2D eigenvalue weighted by Crippen LogP contribution is 2.27. The molecule has 2 aromatic heterocycles. The van der Waals surface area contributed by atoms with E-state index in [1.54, 1.807) is 23.5 Å². The molecule has 1 unspecified atom stereocenters. The van der Waals surface area contributed by atoms with Crippen LogP contribution in [0.1, 0.15) is 18.9 Å². The Morgan fingerprint density at radius 1 is 1.19 bits per heavy atom. The zero-order chi connectivity index (χ0) is 18.8. The number of piperazine rings is 1. The van der Waals surface area contributed by atoms with E-state index in [2.05, 4.69) is 26.9 Å². The van der Waals surface area contributed by atoms with Crippen molar-refractivity contribution in [3.8, 4) is 10.7 Å². The summed E-state index contributed by atoms with van der Waals surface area (Å²) in [5, 5.41) is 16.9. The predicted molar refractivity (Wildman–Crippen MR) is 103 cm³/mol. The van der Waals surface area contributed by atoms with Crippen molar-refractivity contribution in [1.82, 2.24) is 15.0 Å². The summed E-state index contributed by atoms with van der Waals surface area (Å²) in [6.45, 7) is 5.47. The first-order chi connectivity index (χ1) is 13.1. The second-order valence-electron chi connectivity index (χ2n) is 6.41. The molecule has 1 atom stereocenters. The molecule has 0 radical (unpaired) electrons. The lowest BCUT2D eigenvalue weighted by molar-refractivity contribution is -0.384. The van der Waals surface area contributed by atoms with Gasteiger partial charge in [-0.1, -0.05) is 11.2 Å². The number of aromatic nitrogens is 2. The largest absolute Gasteiger partial charge is 0.369 e. The summed E-state index contributed by atoms with van der Waals surface area (Å²) in [6, 6.07) is 10.7. The summed E-state index contributed by atoms with van der Waals surface area (Å²) in [5.41, 5.74) is 1.12. The fourth-order valence-corrected chi connectivity index (χ4v) is 3.87. The molecule has 9 heteroatoms. The highest BCUT2D eigenvalue weighted by atomic mass is 32.1. The summed E-state index contributed by atoms with van der Waals surface area (Å²) in [6.07, 6.45) is 0. The average Bonchev–Trinajstić information content (AvgIpc) is 3.39. The Morgan fingerprint density at radius 2 is 1.93 bits per heavy atom. The molecule has 0 amide bonds. The standard InChI is InChI=1S/C18H19N5O3S/c1-13(18-19-17(20-26-18)16-3-2-12-27-16)21-8-10-22(11-9-21)14-4-6-15(7-5-14)23(24)25/h2-7,12-13H,8-11H2,1H3. The number of thiophene rings is 1. The number of nitro groups is 1. The van der Waals surface area contributed by atoms with Crippen LogP contribution in [-0.2, 0) is 0 Å². The van der Waals surface area contributed by atoms with Gasteiger partial charge >= 0.3 is 0 Å². The molecule has 8 nitrogen and oxygen atoms in total. The maximum Gasteiger partial charge on any atom is 0.269 e. The van der Waals surface area contributed by atoms with E-state index in [4.69, 9.17) is 4.52 Å². The van der Waals surface area contributed by atoms with Crippen molar-refractivity contribution < 1.29 is 9.45 Å². The normalized spacial score (nSPS) is 16.4. The van der Waals surface area contributed by atoms with E-state index in [9.17, 15) is 10.1 Å². The van der Waals surface area contributed by atoms with Crippen molar-refractivity contribution in [3.63, 3.8) is 0 Å². The third-order valence-electron chi connectivity index (χ3n) is 4.83. The molecule has 1 fully saturated rings. The van der Waals surface area contributed by atoms with Crippen LogP contribution in [0.2, 0.25) is 0 Å². The molecule has 1 aromatic carbocycles. The summed E-state index contributed by atoms with van der Waals surface area (Å²) < 4.78 is 5.48. The molecular formula is C18H19N5O3S. The van der Waals surface area contributed by atoms with Crippen LogP contribution in [-0.4, -0.2) is 46.1 Å². The zero-order valence-corrected chi connectivity index (χ0v) is 15.6. The van der Waals surface area contributed by atoms with Gasteiger partial charge in [0.15, 0.2) is 0 Å². The van der Waals surface area contributed by atoms with Gasteiger partial charge in [0.25, 0.3) is 5.69 Å². The van der Waals surface area contributed by atoms with Crippen LogP contribution in [0.4, 0.5) is 11.4 Å². The second kappa shape index (κ2) is 7.45. The fraction of sp³-hybridized carbons (Fsp3) is 0.333. The van der Waals surface area contributed by atoms with Crippen molar-refractivity contribution in [1.29, 1.82) is 0 Å². The minimum absolute atomic E-state index is 0.0465. The van der Waals surface area contributed by atoms with E-state index in [-0.39, 0.29) is 16.7 Å². The molecule has 1 saturated heterocycles. The Morgan fingerprint density at radius 3 is 2.56 bits per heavy atom. The third-order valence-corrected chi connectivity index (χ3v) is 5.69. The van der Waals surface area contributed by atoms with E-state index in [1.807, 2.05) is 29.6 Å². The van der Waals surface area contributed by atoms with Gasteiger partial charge in [-0.3, -0.25) is 15.0 Å². The molecule has 0 aliphatic carbocycles. The Kier molecular flexibility index (Phi) is 4.87. The molecule has 1 aliphatic heterocycles. The first-order valence-electron chi connectivity index (χ1n) is 8.73. The molecule has 0 N–H and O–H groups in total. The smallest absolute Gasteiger partial charge is 0.269 e. The van der Waals surface area contributed by atoms with Crippen LogP contribution in [0.15, 0.2) is 46.3 Å². The molecule has 0 spiro atoms. The van der Waals surface area contributed by atoms with E-state index in [1.165, 1.54) is 0 Å². The lowest BCUT2D eigenvalue weighted by Crippen LogP contribution is -2.47. The van der Waals surface area contributed by atoms with Crippen molar-refractivity contribution in [2.45, 2.75) is 13.0 Å². The van der Waals surface area contributed by atoms with Gasteiger partial charge in [0.1, 0.15) is 0 Å². The molecule has 3 aromatic rings. The molecule has 3 heterocycles. The molecule has 0 saturated carbocycles. The van der Waals surface area contributed by atoms with E-state index in [0.29, 0.717) is 11.7 Å². The van der Waals surface area contributed by atoms with E-state index >= 15 is 0 Å². The predicted octanol–water partition coefficient (Wildman–Crippen LogP) is 3.59. The Balaban J connectivity index is 1.38. The Hall–Kier alpha value is -2.78. The SMILES string of the molecule is CC(c1nc(-c2cccs2)no1)N1CCN(c2ccc([N+](=O)[O-])cc2)CC1. The maximum atomic E-state index is 10.8. The summed E-state index contributed by atoms with van der Waals surface area (Å²) in [5.74, 6) is 1.26. The fourth-order valence-electron chi connectivity index (χ4n) is 3.22. The quantitative estimate of drug-likeness (QED) is 0.490. The lowest BCUT2D eigenvalue weighted by Gasteiger charge is -2.38. The molecule has 0 bridgehead atoms. The van der Waals surface area contributed by atoms with Gasteiger partial charge in [-0.2, -0.15) is 4.98 Å². The Bertz CT molecular complexity index is 901. The number of non-ortho nitro benzene ring substituents is 1. The maximum absolute atomic E-state index is 10.8. The third kappa shape index (κ3) is 3.69. The van der Waals surface area contributed by atoms with Crippen LogP contribution < -0.4 is 4.90 Å². The molecule has 4 rings (SSSR count).